The average molecular weight is 1860 g/mol. The molecule has 0 saturated carbocycles. The van der Waals surface area contributed by atoms with Crippen LogP contribution in [0, 0.1) is 0 Å². The Kier molecular flexibility index (Phi) is 17.8. The Bertz CT molecular complexity index is 9310. The number of hydrogen-bond donors (Lipinski definition) is 0. The third-order valence-corrected chi connectivity index (χ3v) is 34.7. The van der Waals surface area contributed by atoms with Gasteiger partial charge in [-0.15, -0.1) is 22.7 Å². The summed E-state index contributed by atoms with van der Waals surface area (Å²) in [7, 11) is 0. The maximum atomic E-state index is 7.72. The van der Waals surface area contributed by atoms with Crippen molar-refractivity contribution in [3.05, 3.63) is 443 Å². The summed E-state index contributed by atoms with van der Waals surface area (Å²) in [6.07, 6.45) is 0.805. The number of thiophene rings is 2. The van der Waals surface area contributed by atoms with Crippen LogP contribution >= 0.6 is 22.7 Å². The summed E-state index contributed by atoms with van der Waals surface area (Å²) in [5.74, 6) is 0.0867. The first-order valence-corrected chi connectivity index (χ1v) is 52.0. The molecule has 0 amide bonds. The van der Waals surface area contributed by atoms with E-state index in [4.69, 9.17) is 8.83 Å². The summed E-state index contributed by atoms with van der Waals surface area (Å²) in [6.45, 7) is 25.5. The molecule has 4 aliphatic heterocycles. The molecule has 6 aliphatic rings. The molecule has 0 fully saturated rings. The van der Waals surface area contributed by atoms with Crippen LogP contribution in [-0.4, -0.2) is 18.3 Å². The molecule has 18 aromatic carbocycles. The van der Waals surface area contributed by atoms with Gasteiger partial charge in [0.1, 0.15) is 22.3 Å². The minimum Gasteiger partial charge on any atom is -0.455 e. The van der Waals surface area contributed by atoms with E-state index in [1.165, 1.54) is 207 Å². The molecule has 142 heavy (non-hydrogen) atoms. The van der Waals surface area contributed by atoms with Crippen molar-refractivity contribution < 1.29 is 8.83 Å². The van der Waals surface area contributed by atoms with Gasteiger partial charge in [-0.2, -0.15) is 0 Å². The summed E-state index contributed by atoms with van der Waals surface area (Å²) in [6, 6.07) is 146. The highest BCUT2D eigenvalue weighted by Gasteiger charge is 2.55. The molecule has 5 aromatic heterocycles. The molecule has 2 atom stereocenters. The topological polar surface area (TPSA) is 40.9 Å². The lowest BCUT2D eigenvalue weighted by molar-refractivity contribution is 0.522. The quantitative estimate of drug-likeness (QED) is 0.108. The van der Waals surface area contributed by atoms with Crippen molar-refractivity contribution in [3.8, 4) is 61.3 Å². The number of aromatic nitrogens is 1. The molecule has 6 nitrogen and oxygen atoms in total. The normalized spacial score (nSPS) is 15.0. The maximum absolute atomic E-state index is 7.72. The predicted molar refractivity (Wildman–Crippen MR) is 604 cm³/mol. The van der Waals surface area contributed by atoms with E-state index < -0.39 is 0 Å². The van der Waals surface area contributed by atoms with Crippen molar-refractivity contribution in [3.63, 3.8) is 0 Å². The number of para-hydroxylation sites is 4. The summed E-state index contributed by atoms with van der Waals surface area (Å²) in [5.41, 5.74) is 46.7. The Morgan fingerprint density at radius 3 is 1.49 bits per heavy atom. The van der Waals surface area contributed by atoms with Gasteiger partial charge in [0.05, 0.1) is 22.1 Å². The molecule has 10 heteroatoms. The van der Waals surface area contributed by atoms with Crippen molar-refractivity contribution in [1.29, 1.82) is 0 Å². The predicted octanol–water partition coefficient (Wildman–Crippen LogP) is 33.6. The van der Waals surface area contributed by atoms with E-state index in [0.29, 0.717) is 0 Å². The van der Waals surface area contributed by atoms with Crippen molar-refractivity contribution >= 4 is 194 Å². The van der Waals surface area contributed by atoms with Gasteiger partial charge in [0, 0.05) is 120 Å². The fourth-order valence-electron chi connectivity index (χ4n) is 25.4. The molecule has 0 spiro atoms. The molecule has 29 rings (SSSR count). The van der Waals surface area contributed by atoms with Crippen LogP contribution in [0.4, 0.5) is 39.8 Å². The lowest BCUT2D eigenvalue weighted by atomic mass is 9.43. The Labute approximate surface area is 836 Å². The van der Waals surface area contributed by atoms with Crippen LogP contribution in [0.3, 0.4) is 0 Å². The molecule has 678 valence electrons. The summed E-state index contributed by atoms with van der Waals surface area (Å²) < 4.78 is 23.2. The van der Waals surface area contributed by atoms with Crippen molar-refractivity contribution in [2.45, 2.75) is 116 Å². The van der Waals surface area contributed by atoms with Gasteiger partial charge in [-0.05, 0) is 283 Å². The minimum absolute atomic E-state index is 0.0528. The van der Waals surface area contributed by atoms with E-state index in [-0.39, 0.29) is 47.2 Å². The Hall–Kier alpha value is -15.5. The second kappa shape index (κ2) is 30.3. The van der Waals surface area contributed by atoms with Gasteiger partial charge in [-0.25, -0.2) is 0 Å². The van der Waals surface area contributed by atoms with Gasteiger partial charge in [-0.1, -0.05) is 331 Å². The average Bonchev–Trinajstić information content (AvgIpc) is 1.49. The van der Waals surface area contributed by atoms with E-state index in [1.807, 2.05) is 22.7 Å². The van der Waals surface area contributed by atoms with Crippen molar-refractivity contribution in [1.82, 2.24) is 4.57 Å². The number of anilines is 7. The lowest BCUT2D eigenvalue weighted by Gasteiger charge is -2.43. The van der Waals surface area contributed by atoms with Gasteiger partial charge in [-0.3, -0.25) is 0 Å². The zero-order valence-electron chi connectivity index (χ0n) is 81.3. The first kappa shape index (κ1) is 83.5. The zero-order chi connectivity index (χ0) is 95.1. The number of fused-ring (bicyclic) bond motifs is 30. The first-order valence-electron chi connectivity index (χ1n) is 50.3. The fraction of sp³-hybridized carbons (Fsp3) is 0.136. The van der Waals surface area contributed by atoms with Crippen LogP contribution in [0.5, 0.6) is 0 Å². The third-order valence-electron chi connectivity index (χ3n) is 32.2. The van der Waals surface area contributed by atoms with Crippen molar-refractivity contribution in [2.24, 2.45) is 0 Å². The van der Waals surface area contributed by atoms with E-state index in [9.17, 15) is 0 Å². The highest BCUT2D eigenvalue weighted by molar-refractivity contribution is 7.32. The van der Waals surface area contributed by atoms with Gasteiger partial charge in [0.15, 0.2) is 0 Å². The Morgan fingerprint density at radius 1 is 0.331 bits per heavy atom. The van der Waals surface area contributed by atoms with Crippen LogP contribution in [-0.2, 0) is 28.1 Å². The summed E-state index contributed by atoms with van der Waals surface area (Å²) >= 11 is 3.96. The van der Waals surface area contributed by atoms with Gasteiger partial charge < -0.3 is 27.9 Å². The van der Waals surface area contributed by atoms with Crippen LogP contribution in [0.25, 0.3) is 158 Å². The molecule has 0 saturated heterocycles. The maximum Gasteiger partial charge on any atom is 0.343 e. The van der Waals surface area contributed by atoms with Gasteiger partial charge in [0.2, 0.25) is 0 Å². The number of hydrogen-bond acceptors (Lipinski definition) is 7. The lowest BCUT2D eigenvalue weighted by Crippen LogP contribution is -2.61. The summed E-state index contributed by atoms with van der Waals surface area (Å²) in [5, 5.41) is 9.53. The number of nitrogens with zero attached hydrogens (tertiary/aromatic N) is 4. The zero-order valence-corrected chi connectivity index (χ0v) is 82.9. The van der Waals surface area contributed by atoms with Crippen LogP contribution in [0.2, 0.25) is 0 Å². The molecule has 23 aromatic rings. The largest absolute Gasteiger partial charge is 0.455 e. The van der Waals surface area contributed by atoms with Gasteiger partial charge in [0.25, 0.3) is 0 Å². The number of furan rings is 2. The molecule has 9 heterocycles. The van der Waals surface area contributed by atoms with Crippen LogP contribution < -0.4 is 35.0 Å². The highest BCUT2D eigenvalue weighted by atomic mass is 32.1. The number of rotatable bonds is 13. The first-order chi connectivity index (χ1) is 69.1. The Balaban J connectivity index is 0.597. The molecular weight excluding hydrogens is 1760 g/mol. The standard InChI is InChI=1S/C132H100B2N4O2S2/c1-129(2,3)84-52-58-90(59-53-84)137-103-66-57-87(73-99(103)114-116-96-42-28-29-43-105(96)139-125(116)117-97-71-83(111-109(79-33-19-13-20-34-79)110(111)80-35-21-14-22-36-80)49-63-93(97)112-118-100-69-81(77-31-17-12-18-32-77)50-67-107(100)141-127(118)133(137)121(114)120(112)117)132(10,11)75-76-45-47-78(48-46-76)82-51-68-108-101(70-82)123-128(142-108)134-122-113(115-95-41-27-30-44-106(95)140-126(115)119-98-72-86(131(7,8)9)56-65-102(98)136(123)124(119)122)94-64-62-92(135(88-37-23-15-24-38-88)89-39-25-16-26-40-89)74-104(94)138(134)91-60-54-85(55-61-91)130(4,5)6/h12-74,109,112H,75H2,1-11H3. The van der Waals surface area contributed by atoms with E-state index in [2.05, 4.69) is 477 Å². The van der Waals surface area contributed by atoms with Gasteiger partial charge >= 0.3 is 13.7 Å². The summed E-state index contributed by atoms with van der Waals surface area (Å²) in [4.78, 5) is 7.90. The third kappa shape index (κ3) is 12.3. The minimum atomic E-state index is -0.347. The molecule has 0 bridgehead atoms. The second-order valence-corrected chi connectivity index (χ2v) is 46.3. The SMILES string of the molecule is CC(C)(C)c1ccc(N2B3c4sc5ccc(-c6ccccc6)cc5c4C4c5ccc(C6=C(c7ccccc7)C6c6ccccc6)cc5-c5c4c3c(c3c5oc4ccccc43)-c3cc(C(C)(C)Cc4ccc(-c5ccc6sc7c(c6c5)-n5c6ccc(C(C)(C)C)cc6c6c8oc9ccccc9c8c8c(c65)B7N(c5ccc(C(C)(C)C)cc5)c5cc(N(c6ccccc6)c6ccccc6)ccc5-8)cc4)ccc32)cc1. The van der Waals surface area contributed by atoms with Crippen LogP contribution in [0.15, 0.2) is 391 Å². The van der Waals surface area contributed by atoms with Crippen LogP contribution in [0.1, 0.15) is 149 Å². The molecule has 2 aliphatic carbocycles. The highest BCUT2D eigenvalue weighted by Crippen LogP contribution is 2.65. The second-order valence-electron chi connectivity index (χ2n) is 44.1. The van der Waals surface area contributed by atoms with E-state index in [0.717, 1.165) is 78.7 Å². The smallest absolute Gasteiger partial charge is 0.343 e. The number of benzene rings is 18. The molecule has 0 N–H and O–H groups in total. The molecule has 0 radical (unpaired) electrons. The van der Waals surface area contributed by atoms with E-state index in [1.54, 1.807) is 0 Å². The number of allylic oxidation sites excluding steroid dienone is 2. The fourth-order valence-corrected chi connectivity index (χ4v) is 28.0. The van der Waals surface area contributed by atoms with E-state index >= 15 is 0 Å². The Morgan fingerprint density at radius 2 is 0.845 bits per heavy atom. The van der Waals surface area contributed by atoms with Crippen molar-refractivity contribution in [2.75, 3.05) is 14.5 Å². The molecule has 2 unspecified atom stereocenters. The molecular formula is C132H100B2N4O2S2. The monoisotopic (exact) mass is 1860 g/mol.